The lowest BCUT2D eigenvalue weighted by atomic mass is 9.98. The van der Waals surface area contributed by atoms with E-state index < -0.39 is 11.7 Å². The number of aromatic nitrogens is 1. The van der Waals surface area contributed by atoms with Crippen LogP contribution in [0.1, 0.15) is 49.6 Å². The Morgan fingerprint density at radius 3 is 2.51 bits per heavy atom. The number of carbonyl (C=O) groups is 1. The zero-order valence-corrected chi connectivity index (χ0v) is 23.5. The summed E-state index contributed by atoms with van der Waals surface area (Å²) in [6.45, 7) is 9.17. The van der Waals surface area contributed by atoms with Crippen LogP contribution in [0.4, 0.5) is 19.0 Å². The Morgan fingerprint density at radius 2 is 1.90 bits per heavy atom. The van der Waals surface area contributed by atoms with Gasteiger partial charge in [-0.15, -0.1) is 11.3 Å². The number of alkyl halides is 3. The molecule has 0 radical (unpaired) electrons. The molecule has 0 spiro atoms. The zero-order valence-electron chi connectivity index (χ0n) is 22.7. The number of nitrogens with zero attached hydrogens (tertiary/aromatic N) is 4. The molecule has 0 aliphatic carbocycles. The molecule has 4 heterocycles. The van der Waals surface area contributed by atoms with Crippen LogP contribution >= 0.6 is 11.3 Å². The molecule has 2 aliphatic heterocycles. The number of hydrogen-bond donors (Lipinski definition) is 0. The van der Waals surface area contributed by atoms with Gasteiger partial charge in [0.15, 0.2) is 0 Å². The molecular formula is C30H35F3N4OS. The van der Waals surface area contributed by atoms with Gasteiger partial charge in [0.2, 0.25) is 5.91 Å². The lowest BCUT2D eigenvalue weighted by molar-refractivity contribution is -0.137. The maximum atomic E-state index is 13.3. The summed E-state index contributed by atoms with van der Waals surface area (Å²) < 4.78 is 40.1. The van der Waals surface area contributed by atoms with E-state index in [2.05, 4.69) is 61.0 Å². The Balaban J connectivity index is 1.20. The summed E-state index contributed by atoms with van der Waals surface area (Å²) in [6, 6.07) is 11.5. The second-order valence-corrected chi connectivity index (χ2v) is 11.8. The third-order valence-corrected chi connectivity index (χ3v) is 9.06. The van der Waals surface area contributed by atoms with Crippen molar-refractivity contribution in [1.29, 1.82) is 0 Å². The molecule has 9 heteroatoms. The smallest absolute Gasteiger partial charge is 0.354 e. The van der Waals surface area contributed by atoms with Crippen LogP contribution in [0, 0.1) is 0 Å². The van der Waals surface area contributed by atoms with Gasteiger partial charge in [0.25, 0.3) is 0 Å². The van der Waals surface area contributed by atoms with Crippen molar-refractivity contribution < 1.29 is 18.0 Å². The van der Waals surface area contributed by atoms with Gasteiger partial charge in [-0.1, -0.05) is 37.6 Å². The monoisotopic (exact) mass is 556 g/mol. The number of rotatable bonds is 6. The van der Waals surface area contributed by atoms with Gasteiger partial charge >= 0.3 is 6.18 Å². The Labute approximate surface area is 231 Å². The first-order chi connectivity index (χ1) is 18.6. The van der Waals surface area contributed by atoms with E-state index in [1.807, 2.05) is 21.1 Å². The number of thiophene rings is 1. The number of piperazine rings is 1. The van der Waals surface area contributed by atoms with Gasteiger partial charge in [-0.25, -0.2) is 4.98 Å². The van der Waals surface area contributed by atoms with Gasteiger partial charge in [-0.2, -0.15) is 13.2 Å². The first kappa shape index (κ1) is 27.6. The molecule has 1 saturated heterocycles. The molecule has 39 heavy (non-hydrogen) atoms. The number of hydrogen-bond acceptors (Lipinski definition) is 5. The second-order valence-electron chi connectivity index (χ2n) is 10.7. The molecule has 1 fully saturated rings. The fraction of sp³-hybridized carbons (Fsp3) is 0.467. The van der Waals surface area contributed by atoms with E-state index in [1.54, 1.807) is 0 Å². The maximum absolute atomic E-state index is 13.3. The standard InChI is InChI=1S/C30H35F3N4OS/c1-4-6-25-15-23-7-5-8-26(29(23)39-25)22-11-13-35(14-12-22)28(38)19-37-20(2)17-36(18-21(37)3)27-10-9-24(16-34-27)30(31,32)33/h5,7-11,15-16,20-21H,4,6,12-14,17-19H2,1-3H3/t20-,21+. The minimum absolute atomic E-state index is 0.0615. The number of carbonyl (C=O) groups excluding carboxylic acids is 1. The molecule has 0 saturated carbocycles. The van der Waals surface area contributed by atoms with Gasteiger partial charge in [-0.3, -0.25) is 9.69 Å². The molecule has 2 aromatic heterocycles. The highest BCUT2D eigenvalue weighted by atomic mass is 32.1. The lowest BCUT2D eigenvalue weighted by Gasteiger charge is -2.45. The van der Waals surface area contributed by atoms with Crippen LogP contribution in [-0.4, -0.2) is 65.5 Å². The largest absolute Gasteiger partial charge is 0.417 e. The summed E-state index contributed by atoms with van der Waals surface area (Å²) in [7, 11) is 0. The van der Waals surface area contributed by atoms with E-state index in [0.29, 0.717) is 38.5 Å². The summed E-state index contributed by atoms with van der Waals surface area (Å²) in [5.74, 6) is 0.647. The molecule has 0 bridgehead atoms. The van der Waals surface area contributed by atoms with E-state index in [-0.39, 0.29) is 18.0 Å². The normalized spacial score (nSPS) is 20.9. The van der Waals surface area contributed by atoms with Gasteiger partial charge in [0, 0.05) is 54.0 Å². The van der Waals surface area contributed by atoms with Crippen molar-refractivity contribution in [1.82, 2.24) is 14.8 Å². The van der Waals surface area contributed by atoms with Gasteiger partial charge in [0.05, 0.1) is 12.1 Å². The quantitative estimate of drug-likeness (QED) is 0.348. The minimum Gasteiger partial charge on any atom is -0.354 e. The van der Waals surface area contributed by atoms with Crippen molar-refractivity contribution in [3.8, 4) is 0 Å². The van der Waals surface area contributed by atoms with Crippen LogP contribution in [0.15, 0.2) is 48.7 Å². The second kappa shape index (κ2) is 11.3. The molecule has 0 N–H and O–H groups in total. The predicted octanol–water partition coefficient (Wildman–Crippen LogP) is 6.48. The fourth-order valence-corrected chi connectivity index (χ4v) is 7.04. The SMILES string of the molecule is CCCc1cc2cccc(C3=CCN(C(=O)CN4[C@H](C)CN(c5ccc(C(F)(F)F)cn5)C[C@@H]4C)CC3)c2s1. The van der Waals surface area contributed by atoms with Crippen molar-refractivity contribution in [2.75, 3.05) is 37.6 Å². The number of aryl methyl sites for hydroxylation is 1. The first-order valence-electron chi connectivity index (χ1n) is 13.7. The summed E-state index contributed by atoms with van der Waals surface area (Å²) in [4.78, 5) is 24.9. The molecule has 1 aromatic carbocycles. The highest BCUT2D eigenvalue weighted by molar-refractivity contribution is 7.19. The summed E-state index contributed by atoms with van der Waals surface area (Å²) in [5.41, 5.74) is 1.86. The summed E-state index contributed by atoms with van der Waals surface area (Å²) >= 11 is 1.89. The molecule has 0 unspecified atom stereocenters. The average molecular weight is 557 g/mol. The van der Waals surface area contributed by atoms with E-state index >= 15 is 0 Å². The number of pyridine rings is 1. The maximum Gasteiger partial charge on any atom is 0.417 e. The van der Waals surface area contributed by atoms with Gasteiger partial charge in [0.1, 0.15) is 5.82 Å². The van der Waals surface area contributed by atoms with Crippen LogP contribution in [0.5, 0.6) is 0 Å². The molecule has 3 aromatic rings. The van der Waals surface area contributed by atoms with Crippen LogP contribution in [0.2, 0.25) is 0 Å². The molecule has 2 atom stereocenters. The van der Waals surface area contributed by atoms with E-state index in [1.165, 1.54) is 32.2 Å². The topological polar surface area (TPSA) is 39.7 Å². The Kier molecular flexibility index (Phi) is 8.01. The van der Waals surface area contributed by atoms with Crippen LogP contribution < -0.4 is 4.90 Å². The molecule has 2 aliphatic rings. The molecular weight excluding hydrogens is 521 g/mol. The Bertz CT molecular complexity index is 1340. The van der Waals surface area contributed by atoms with Crippen LogP contribution in [-0.2, 0) is 17.4 Å². The lowest BCUT2D eigenvalue weighted by Crippen LogP contribution is -2.59. The highest BCUT2D eigenvalue weighted by Crippen LogP contribution is 2.35. The Morgan fingerprint density at radius 1 is 1.13 bits per heavy atom. The van der Waals surface area contributed by atoms with E-state index in [0.717, 1.165) is 31.5 Å². The van der Waals surface area contributed by atoms with Crippen LogP contribution in [0.25, 0.3) is 15.7 Å². The van der Waals surface area contributed by atoms with E-state index in [9.17, 15) is 18.0 Å². The number of fused-ring (bicyclic) bond motifs is 1. The fourth-order valence-electron chi connectivity index (χ4n) is 5.73. The molecule has 5 rings (SSSR count). The minimum atomic E-state index is -4.40. The van der Waals surface area contributed by atoms with Crippen molar-refractivity contribution in [3.05, 3.63) is 64.7 Å². The van der Waals surface area contributed by atoms with Crippen LogP contribution in [0.3, 0.4) is 0 Å². The van der Waals surface area contributed by atoms with Gasteiger partial charge < -0.3 is 9.80 Å². The highest BCUT2D eigenvalue weighted by Gasteiger charge is 2.34. The number of amides is 1. The van der Waals surface area contributed by atoms with Crippen molar-refractivity contribution >= 4 is 38.7 Å². The third kappa shape index (κ3) is 5.99. The number of benzene rings is 1. The van der Waals surface area contributed by atoms with Crippen molar-refractivity contribution in [3.63, 3.8) is 0 Å². The summed E-state index contributed by atoms with van der Waals surface area (Å²) in [5, 5.41) is 1.30. The number of anilines is 1. The number of halogens is 3. The van der Waals surface area contributed by atoms with Crippen molar-refractivity contribution in [2.24, 2.45) is 0 Å². The molecule has 1 amide bonds. The van der Waals surface area contributed by atoms with Gasteiger partial charge in [-0.05, 0) is 61.4 Å². The Hall–Kier alpha value is -2.91. The average Bonchev–Trinajstić information content (AvgIpc) is 3.33. The van der Waals surface area contributed by atoms with Crippen molar-refractivity contribution in [2.45, 2.75) is 58.3 Å². The third-order valence-electron chi connectivity index (χ3n) is 7.82. The molecule has 208 valence electrons. The van der Waals surface area contributed by atoms with E-state index in [4.69, 9.17) is 0 Å². The molecule has 5 nitrogen and oxygen atoms in total. The summed E-state index contributed by atoms with van der Waals surface area (Å²) in [6.07, 6.45) is 1.78. The zero-order chi connectivity index (χ0) is 27.7. The first-order valence-corrected chi connectivity index (χ1v) is 14.5. The predicted molar refractivity (Wildman–Crippen MR) is 152 cm³/mol.